The Morgan fingerprint density at radius 3 is 3.11 bits per heavy atom. The van der Waals surface area contributed by atoms with E-state index in [0.29, 0.717) is 0 Å². The van der Waals surface area contributed by atoms with Crippen molar-refractivity contribution in [2.75, 3.05) is 0 Å². The first-order chi connectivity index (χ1) is 4.47. The summed E-state index contributed by atoms with van der Waals surface area (Å²) in [4.78, 5) is 0. The third-order valence-corrected chi connectivity index (χ3v) is 1.20. The molecule has 0 aliphatic rings. The molecule has 9 heavy (non-hydrogen) atoms. The summed E-state index contributed by atoms with van der Waals surface area (Å²) in [6, 6.07) is 7.63. The zero-order valence-electron chi connectivity index (χ0n) is 4.66. The molecule has 1 aromatic carbocycles. The van der Waals surface area contributed by atoms with E-state index in [9.17, 15) is 0 Å². The van der Waals surface area contributed by atoms with Gasteiger partial charge in [-0.05, 0) is 12.1 Å². The molecule has 1 N–H and O–H groups in total. The predicted octanol–water partition coefficient (Wildman–Crippen LogP) is 0.642. The van der Waals surface area contributed by atoms with Crippen molar-refractivity contribution in [2.24, 2.45) is 0 Å². The molecule has 0 aliphatic carbocycles. The van der Waals surface area contributed by atoms with Gasteiger partial charge < -0.3 is 0 Å². The Labute approximate surface area is 51.2 Å². The van der Waals surface area contributed by atoms with Gasteiger partial charge in [0.15, 0.2) is 5.16 Å². The minimum absolute atomic E-state index is 0.859. The van der Waals surface area contributed by atoms with E-state index in [4.69, 9.17) is 0 Å². The van der Waals surface area contributed by atoms with Gasteiger partial charge >= 0.3 is 0 Å². The fourth-order valence-corrected chi connectivity index (χ4v) is 0.761. The van der Waals surface area contributed by atoms with Crippen molar-refractivity contribution in [3.63, 3.8) is 0 Å². The third kappa shape index (κ3) is 0.579. The second kappa shape index (κ2) is 1.55. The van der Waals surface area contributed by atoms with Crippen LogP contribution in [-0.4, -0.2) is 5.16 Å². The first-order valence-electron chi connectivity index (χ1n) is 2.69. The van der Waals surface area contributed by atoms with Gasteiger partial charge in [0, 0.05) is 0 Å². The van der Waals surface area contributed by atoms with Crippen molar-refractivity contribution in [1.29, 1.82) is 0 Å². The number of rotatable bonds is 0. The molecular formula is C6H5N2O+. The largest absolute Gasteiger partial charge is 0.273 e. The summed E-state index contributed by atoms with van der Waals surface area (Å²) in [5.74, 6) is 0. The molecule has 1 aromatic heterocycles. The molecule has 1 heterocycles. The van der Waals surface area contributed by atoms with Crippen LogP contribution in [0.5, 0.6) is 0 Å². The highest BCUT2D eigenvalue weighted by molar-refractivity contribution is 5.68. The molecule has 44 valence electrons. The molecule has 3 heteroatoms. The van der Waals surface area contributed by atoms with Gasteiger partial charge in [0.2, 0.25) is 5.52 Å². The minimum atomic E-state index is 0.859. The molecule has 0 atom stereocenters. The maximum atomic E-state index is 4.59. The maximum Gasteiger partial charge on any atom is 0.273 e. The van der Waals surface area contributed by atoms with Gasteiger partial charge in [-0.3, -0.25) is 0 Å². The first kappa shape index (κ1) is 4.49. The number of aromatic nitrogens is 2. The lowest BCUT2D eigenvalue weighted by atomic mass is 10.3. The summed E-state index contributed by atoms with van der Waals surface area (Å²) in [7, 11) is 0. The Kier molecular flexibility index (Phi) is 0.773. The average molecular weight is 121 g/mol. The van der Waals surface area contributed by atoms with E-state index in [1.165, 1.54) is 0 Å². The quantitative estimate of drug-likeness (QED) is 0.513. The molecule has 0 radical (unpaired) electrons. The molecule has 0 spiro atoms. The molecular weight excluding hydrogens is 116 g/mol. The highest BCUT2D eigenvalue weighted by Crippen LogP contribution is 2.01. The Morgan fingerprint density at radius 2 is 2.22 bits per heavy atom. The number of hydrogen-bond donors (Lipinski definition) is 0. The Morgan fingerprint density at radius 1 is 1.33 bits per heavy atom. The zero-order valence-corrected chi connectivity index (χ0v) is 4.66. The highest BCUT2D eigenvalue weighted by atomic mass is 16.6. The van der Waals surface area contributed by atoms with Crippen LogP contribution in [-0.2, 0) is 0 Å². The van der Waals surface area contributed by atoms with E-state index in [1.807, 2.05) is 24.3 Å². The van der Waals surface area contributed by atoms with Crippen molar-refractivity contribution in [3.8, 4) is 0 Å². The monoisotopic (exact) mass is 121 g/mol. The number of benzene rings is 1. The Balaban J connectivity index is 2.95. The van der Waals surface area contributed by atoms with Crippen molar-refractivity contribution >= 4 is 11.0 Å². The standard InChI is InChI=1S/C6H4N2O/c1-2-4-6-5(3-1)7-9-8-6/h1-4H/p+1. The molecule has 2 rings (SSSR count). The smallest absolute Gasteiger partial charge is 0.0864 e. The van der Waals surface area contributed by atoms with E-state index < -0.39 is 0 Å². The SMILES string of the molecule is c1ccc2[nH+]onc2c1. The second-order valence-electron chi connectivity index (χ2n) is 1.80. The van der Waals surface area contributed by atoms with Crippen LogP contribution in [0, 0.1) is 0 Å². The Hall–Kier alpha value is -1.38. The lowest BCUT2D eigenvalue weighted by molar-refractivity contribution is -0.601. The van der Waals surface area contributed by atoms with Gasteiger partial charge in [-0.2, -0.15) is 0 Å². The van der Waals surface area contributed by atoms with Gasteiger partial charge in [-0.1, -0.05) is 21.9 Å². The number of fused-ring (bicyclic) bond motifs is 1. The molecule has 0 saturated carbocycles. The number of nitrogens with one attached hydrogen (secondary N) is 1. The number of aromatic amines is 1. The lowest BCUT2D eigenvalue weighted by Gasteiger charge is -1.70. The van der Waals surface area contributed by atoms with Crippen molar-refractivity contribution < 1.29 is 9.79 Å². The van der Waals surface area contributed by atoms with Crippen molar-refractivity contribution in [2.45, 2.75) is 0 Å². The topological polar surface area (TPSA) is 40.2 Å². The first-order valence-corrected chi connectivity index (χ1v) is 2.69. The fourth-order valence-electron chi connectivity index (χ4n) is 0.761. The van der Waals surface area contributed by atoms with Crippen molar-refractivity contribution in [3.05, 3.63) is 24.3 Å². The van der Waals surface area contributed by atoms with Gasteiger partial charge in [0.05, 0.1) is 0 Å². The maximum absolute atomic E-state index is 4.59. The van der Waals surface area contributed by atoms with E-state index in [2.05, 4.69) is 14.9 Å². The molecule has 0 unspecified atom stereocenters. The van der Waals surface area contributed by atoms with E-state index in [0.717, 1.165) is 11.0 Å². The molecule has 2 aromatic rings. The van der Waals surface area contributed by atoms with Crippen LogP contribution in [0.1, 0.15) is 0 Å². The van der Waals surface area contributed by atoms with Crippen LogP contribution in [0.15, 0.2) is 28.9 Å². The van der Waals surface area contributed by atoms with E-state index >= 15 is 0 Å². The third-order valence-electron chi connectivity index (χ3n) is 1.20. The summed E-state index contributed by atoms with van der Waals surface area (Å²) in [6.07, 6.45) is 0. The van der Waals surface area contributed by atoms with Gasteiger partial charge in [0.1, 0.15) is 0 Å². The number of para-hydroxylation sites is 1. The van der Waals surface area contributed by atoms with Gasteiger partial charge in [-0.25, -0.2) is 0 Å². The molecule has 0 aliphatic heterocycles. The number of H-pyrrole nitrogens is 1. The second-order valence-corrected chi connectivity index (χ2v) is 1.80. The van der Waals surface area contributed by atoms with Gasteiger partial charge in [0.25, 0.3) is 5.52 Å². The molecule has 0 saturated heterocycles. The van der Waals surface area contributed by atoms with Crippen LogP contribution in [0.25, 0.3) is 11.0 Å². The summed E-state index contributed by atoms with van der Waals surface area (Å²) >= 11 is 0. The Bertz CT molecular complexity index is 285. The average Bonchev–Trinajstić information content (AvgIpc) is 2.33. The van der Waals surface area contributed by atoms with Crippen LogP contribution < -0.4 is 5.16 Å². The van der Waals surface area contributed by atoms with Crippen LogP contribution in [0.4, 0.5) is 0 Å². The van der Waals surface area contributed by atoms with Crippen molar-refractivity contribution in [1.82, 2.24) is 5.16 Å². The molecule has 0 fully saturated rings. The summed E-state index contributed by atoms with van der Waals surface area (Å²) in [5.41, 5.74) is 1.79. The van der Waals surface area contributed by atoms with Crippen LogP contribution in [0.3, 0.4) is 0 Å². The molecule has 0 amide bonds. The van der Waals surface area contributed by atoms with Gasteiger partial charge in [-0.15, -0.1) is 0 Å². The number of nitrogens with zero attached hydrogens (tertiary/aromatic N) is 1. The normalized spacial score (nSPS) is 10.2. The molecule has 3 nitrogen and oxygen atoms in total. The number of hydrogen-bond acceptors (Lipinski definition) is 2. The highest BCUT2D eigenvalue weighted by Gasteiger charge is 2.02. The molecule has 0 bridgehead atoms. The summed E-state index contributed by atoms with van der Waals surface area (Å²) in [5, 5.41) is 6.32. The summed E-state index contributed by atoms with van der Waals surface area (Å²) < 4.78 is 4.59. The fraction of sp³-hybridized carbons (Fsp3) is 0. The zero-order chi connectivity index (χ0) is 6.10. The predicted molar refractivity (Wildman–Crippen MR) is 30.6 cm³/mol. The van der Waals surface area contributed by atoms with E-state index in [-0.39, 0.29) is 0 Å². The van der Waals surface area contributed by atoms with Crippen LogP contribution >= 0.6 is 0 Å². The lowest BCUT2D eigenvalue weighted by Crippen LogP contribution is -1.92. The van der Waals surface area contributed by atoms with Crippen LogP contribution in [0.2, 0.25) is 0 Å². The van der Waals surface area contributed by atoms with E-state index in [1.54, 1.807) is 0 Å². The summed E-state index contributed by atoms with van der Waals surface area (Å²) in [6.45, 7) is 0. The minimum Gasteiger partial charge on any atom is -0.0864 e.